The topological polar surface area (TPSA) is 33.7 Å². The molecule has 0 saturated carbocycles. The van der Waals surface area contributed by atoms with Gasteiger partial charge in [-0.2, -0.15) is 0 Å². The molecule has 4 rings (SSSR count). The molecule has 1 saturated heterocycles. The van der Waals surface area contributed by atoms with Crippen LogP contribution in [0.5, 0.6) is 5.75 Å². The van der Waals surface area contributed by atoms with E-state index in [-0.39, 0.29) is 0 Å². The largest absolute Gasteiger partial charge is 0.489 e. The van der Waals surface area contributed by atoms with Crippen LogP contribution in [0.3, 0.4) is 0 Å². The summed E-state index contributed by atoms with van der Waals surface area (Å²) in [6.45, 7) is 4.28. The average Bonchev–Trinajstić information content (AvgIpc) is 2.79. The van der Waals surface area contributed by atoms with Gasteiger partial charge in [-0.3, -0.25) is 0 Å². The molecule has 3 aromatic carbocycles. The number of halogens is 3. The number of morpholine rings is 1. The second-order valence-electron chi connectivity index (χ2n) is 7.29. The molecule has 1 aliphatic rings. The summed E-state index contributed by atoms with van der Waals surface area (Å²) in [5, 5.41) is 4.91. The van der Waals surface area contributed by atoms with Gasteiger partial charge in [-0.05, 0) is 54.1 Å². The summed E-state index contributed by atoms with van der Waals surface area (Å²) in [6, 6.07) is 19.8. The van der Waals surface area contributed by atoms with Crippen molar-refractivity contribution in [3.05, 3.63) is 86.3 Å². The number of ether oxygens (including phenoxy) is 2. The zero-order valence-electron chi connectivity index (χ0n) is 16.9. The van der Waals surface area contributed by atoms with Crippen molar-refractivity contribution in [1.29, 1.82) is 0 Å². The molecule has 0 aliphatic carbocycles. The Labute approximate surface area is 201 Å². The summed E-state index contributed by atoms with van der Waals surface area (Å²) in [4.78, 5) is 2.26. The summed E-state index contributed by atoms with van der Waals surface area (Å²) in [6.07, 6.45) is 0. The second kappa shape index (κ2) is 10.6. The van der Waals surface area contributed by atoms with Gasteiger partial charge < -0.3 is 19.7 Å². The lowest BCUT2D eigenvalue weighted by Gasteiger charge is -2.29. The van der Waals surface area contributed by atoms with E-state index in [0.717, 1.165) is 69.1 Å². The Morgan fingerprint density at radius 2 is 1.74 bits per heavy atom. The highest BCUT2D eigenvalue weighted by molar-refractivity contribution is 9.10. The molecular weight excluding hydrogens is 499 g/mol. The molecule has 0 unspecified atom stereocenters. The van der Waals surface area contributed by atoms with Gasteiger partial charge in [0, 0.05) is 40.4 Å². The third kappa shape index (κ3) is 6.07. The lowest BCUT2D eigenvalue weighted by Crippen LogP contribution is -2.36. The molecular formula is C24H23BrCl2N2O2. The van der Waals surface area contributed by atoms with Crippen LogP contribution >= 0.6 is 39.1 Å². The van der Waals surface area contributed by atoms with Crippen LogP contribution < -0.4 is 15.0 Å². The number of hydrogen-bond donors (Lipinski definition) is 1. The molecule has 1 fully saturated rings. The first-order chi connectivity index (χ1) is 15.1. The second-order valence-corrected chi connectivity index (χ2v) is 9.05. The summed E-state index contributed by atoms with van der Waals surface area (Å²) in [5.74, 6) is 0.835. The van der Waals surface area contributed by atoms with Crippen molar-refractivity contribution >= 4 is 50.5 Å². The Kier molecular flexibility index (Phi) is 7.62. The van der Waals surface area contributed by atoms with Gasteiger partial charge >= 0.3 is 0 Å². The third-order valence-corrected chi connectivity index (χ3v) is 6.16. The fourth-order valence-corrected chi connectivity index (χ4v) is 4.28. The molecule has 4 nitrogen and oxygen atoms in total. The summed E-state index contributed by atoms with van der Waals surface area (Å²) in [5.41, 5.74) is 4.13. The van der Waals surface area contributed by atoms with Gasteiger partial charge in [0.2, 0.25) is 0 Å². The number of hydrogen-bond acceptors (Lipinski definition) is 4. The number of nitrogens with one attached hydrogen (secondary N) is 1. The number of nitrogens with zero attached hydrogens (tertiary/aromatic N) is 1. The van der Waals surface area contributed by atoms with Crippen molar-refractivity contribution in [2.24, 2.45) is 0 Å². The van der Waals surface area contributed by atoms with Crippen LogP contribution in [0.2, 0.25) is 10.0 Å². The first-order valence-corrected chi connectivity index (χ1v) is 11.7. The van der Waals surface area contributed by atoms with Crippen molar-refractivity contribution in [3.8, 4) is 5.75 Å². The van der Waals surface area contributed by atoms with E-state index in [1.807, 2.05) is 42.5 Å². The van der Waals surface area contributed by atoms with E-state index in [1.54, 1.807) is 0 Å². The van der Waals surface area contributed by atoms with E-state index in [9.17, 15) is 0 Å². The zero-order valence-corrected chi connectivity index (χ0v) is 20.0. The van der Waals surface area contributed by atoms with Crippen LogP contribution in [0.4, 0.5) is 11.4 Å². The molecule has 3 aromatic rings. The molecule has 0 bridgehead atoms. The Morgan fingerprint density at radius 1 is 0.968 bits per heavy atom. The molecule has 1 aliphatic heterocycles. The van der Waals surface area contributed by atoms with Crippen LogP contribution in [-0.2, 0) is 17.9 Å². The van der Waals surface area contributed by atoms with Crippen molar-refractivity contribution in [3.63, 3.8) is 0 Å². The molecule has 1 N–H and O–H groups in total. The SMILES string of the molecule is Clc1ccc(COc2ccc(Br)cc2CNc2ccc(N3CCOCC3)c(Cl)c2)cc1. The standard InChI is InChI=1S/C24H23BrCl2N2O2/c25-19-3-8-24(31-16-17-1-4-20(26)5-2-17)18(13-19)15-28-21-6-7-23(22(27)14-21)29-9-11-30-12-10-29/h1-8,13-14,28H,9-12,15-16H2. The Balaban J connectivity index is 1.42. The monoisotopic (exact) mass is 520 g/mol. The fourth-order valence-electron chi connectivity index (χ4n) is 3.44. The number of benzene rings is 3. The van der Waals surface area contributed by atoms with E-state index in [1.165, 1.54) is 0 Å². The Bertz CT molecular complexity index is 1020. The minimum absolute atomic E-state index is 0.478. The van der Waals surface area contributed by atoms with E-state index < -0.39 is 0 Å². The predicted molar refractivity (Wildman–Crippen MR) is 132 cm³/mol. The molecule has 162 valence electrons. The smallest absolute Gasteiger partial charge is 0.124 e. The Hall–Kier alpha value is -1.92. The molecule has 1 heterocycles. The van der Waals surface area contributed by atoms with Gasteiger partial charge in [-0.25, -0.2) is 0 Å². The molecule has 31 heavy (non-hydrogen) atoms. The van der Waals surface area contributed by atoms with Gasteiger partial charge in [0.05, 0.1) is 23.9 Å². The molecule has 0 radical (unpaired) electrons. The van der Waals surface area contributed by atoms with Gasteiger partial charge in [0.15, 0.2) is 0 Å². The van der Waals surface area contributed by atoms with E-state index in [2.05, 4.69) is 44.3 Å². The van der Waals surface area contributed by atoms with E-state index in [4.69, 9.17) is 32.7 Å². The quantitative estimate of drug-likeness (QED) is 0.371. The van der Waals surface area contributed by atoms with Gasteiger partial charge in [0.1, 0.15) is 12.4 Å². The Morgan fingerprint density at radius 3 is 2.48 bits per heavy atom. The molecule has 0 amide bonds. The van der Waals surface area contributed by atoms with Crippen molar-refractivity contribution in [2.75, 3.05) is 36.5 Å². The van der Waals surface area contributed by atoms with Crippen LogP contribution in [-0.4, -0.2) is 26.3 Å². The molecule has 0 atom stereocenters. The maximum Gasteiger partial charge on any atom is 0.124 e. The molecule has 7 heteroatoms. The maximum atomic E-state index is 6.57. The summed E-state index contributed by atoms with van der Waals surface area (Å²) >= 11 is 16.1. The average molecular weight is 522 g/mol. The molecule has 0 spiro atoms. The van der Waals surface area contributed by atoms with E-state index in [0.29, 0.717) is 13.2 Å². The minimum atomic E-state index is 0.478. The summed E-state index contributed by atoms with van der Waals surface area (Å²) in [7, 11) is 0. The number of rotatable bonds is 7. The van der Waals surface area contributed by atoms with Crippen LogP contribution in [0, 0.1) is 0 Å². The third-order valence-electron chi connectivity index (χ3n) is 5.11. The van der Waals surface area contributed by atoms with Gasteiger partial charge in [0.25, 0.3) is 0 Å². The van der Waals surface area contributed by atoms with Crippen molar-refractivity contribution in [2.45, 2.75) is 13.2 Å². The van der Waals surface area contributed by atoms with E-state index >= 15 is 0 Å². The number of anilines is 2. The predicted octanol–water partition coefficient (Wildman–Crippen LogP) is 6.78. The highest BCUT2D eigenvalue weighted by atomic mass is 79.9. The first-order valence-electron chi connectivity index (χ1n) is 10.1. The highest BCUT2D eigenvalue weighted by Crippen LogP contribution is 2.31. The van der Waals surface area contributed by atoms with Crippen molar-refractivity contribution in [1.82, 2.24) is 0 Å². The zero-order chi connectivity index (χ0) is 21.6. The lowest BCUT2D eigenvalue weighted by molar-refractivity contribution is 0.122. The minimum Gasteiger partial charge on any atom is -0.489 e. The van der Waals surface area contributed by atoms with Crippen LogP contribution in [0.1, 0.15) is 11.1 Å². The van der Waals surface area contributed by atoms with Crippen LogP contribution in [0.25, 0.3) is 0 Å². The first kappa shape index (κ1) is 22.3. The fraction of sp³-hybridized carbons (Fsp3) is 0.250. The maximum absolute atomic E-state index is 6.57. The van der Waals surface area contributed by atoms with Gasteiger partial charge in [-0.1, -0.05) is 51.3 Å². The summed E-state index contributed by atoms with van der Waals surface area (Å²) < 4.78 is 12.5. The normalized spacial score (nSPS) is 13.8. The lowest BCUT2D eigenvalue weighted by atomic mass is 10.2. The van der Waals surface area contributed by atoms with Gasteiger partial charge in [-0.15, -0.1) is 0 Å². The van der Waals surface area contributed by atoms with Crippen molar-refractivity contribution < 1.29 is 9.47 Å². The van der Waals surface area contributed by atoms with Crippen LogP contribution in [0.15, 0.2) is 65.1 Å². The molecule has 0 aromatic heterocycles. The highest BCUT2D eigenvalue weighted by Gasteiger charge is 2.14.